The van der Waals surface area contributed by atoms with E-state index in [9.17, 15) is 14.0 Å². The summed E-state index contributed by atoms with van der Waals surface area (Å²) in [6, 6.07) is 18.7. The summed E-state index contributed by atoms with van der Waals surface area (Å²) in [4.78, 5) is 26.5. The van der Waals surface area contributed by atoms with E-state index < -0.39 is 5.92 Å². The van der Waals surface area contributed by atoms with E-state index in [0.717, 1.165) is 10.0 Å². The molecule has 1 atom stereocenters. The quantitative estimate of drug-likeness (QED) is 0.416. The van der Waals surface area contributed by atoms with Crippen LogP contribution in [0, 0.1) is 11.7 Å². The van der Waals surface area contributed by atoms with Gasteiger partial charge in [0.1, 0.15) is 12.4 Å². The number of hydrogen-bond acceptors (Lipinski definition) is 5. The molecule has 0 aliphatic carbocycles. The van der Waals surface area contributed by atoms with Crippen molar-refractivity contribution in [3.8, 4) is 11.5 Å². The molecule has 9 heteroatoms. The lowest BCUT2D eigenvalue weighted by molar-refractivity contribution is -0.125. The smallest absolute Gasteiger partial charge is 0.243 e. The molecule has 4 rings (SSSR count). The monoisotopic (exact) mass is 527 g/mol. The first-order chi connectivity index (χ1) is 16.4. The Hall–Kier alpha value is -3.59. The zero-order valence-electron chi connectivity index (χ0n) is 18.4. The maximum absolute atomic E-state index is 13.2. The van der Waals surface area contributed by atoms with E-state index >= 15 is 0 Å². The molecule has 2 amide bonds. The second-order valence-corrected chi connectivity index (χ2v) is 8.69. The number of ether oxygens (including phenoxy) is 2. The topological polar surface area (TPSA) is 79.9 Å². The largest absolute Gasteiger partial charge is 0.493 e. The molecule has 0 unspecified atom stereocenters. The minimum Gasteiger partial charge on any atom is -0.493 e. The SMILES string of the molecule is COc1cc(NNC(=O)[C@H]2CC(=O)N(c3ccc(F)cc3)C2)ccc1OCc1ccc(Br)cc1. The fourth-order valence-electron chi connectivity index (χ4n) is 3.60. The lowest BCUT2D eigenvalue weighted by Crippen LogP contribution is -2.36. The van der Waals surface area contributed by atoms with Crippen LogP contribution in [0.4, 0.5) is 15.8 Å². The zero-order chi connectivity index (χ0) is 24.1. The second kappa shape index (κ2) is 10.6. The Morgan fingerprint density at radius 1 is 1.09 bits per heavy atom. The molecule has 2 N–H and O–H groups in total. The summed E-state index contributed by atoms with van der Waals surface area (Å²) < 4.78 is 25.4. The summed E-state index contributed by atoms with van der Waals surface area (Å²) in [6.07, 6.45) is 0.0804. The van der Waals surface area contributed by atoms with Crippen LogP contribution in [0.25, 0.3) is 0 Å². The first-order valence-electron chi connectivity index (χ1n) is 10.6. The van der Waals surface area contributed by atoms with Gasteiger partial charge in [-0.15, -0.1) is 0 Å². The van der Waals surface area contributed by atoms with Crippen LogP contribution in [-0.2, 0) is 16.2 Å². The van der Waals surface area contributed by atoms with Crippen molar-refractivity contribution in [3.05, 3.63) is 82.6 Å². The molecule has 0 aromatic heterocycles. The van der Waals surface area contributed by atoms with Crippen molar-refractivity contribution in [1.29, 1.82) is 0 Å². The number of nitrogens with one attached hydrogen (secondary N) is 2. The van der Waals surface area contributed by atoms with Gasteiger partial charge < -0.3 is 14.4 Å². The normalized spacial score (nSPS) is 15.2. The molecular weight excluding hydrogens is 505 g/mol. The van der Waals surface area contributed by atoms with Gasteiger partial charge in [0.2, 0.25) is 11.8 Å². The number of hydrazine groups is 1. The molecule has 34 heavy (non-hydrogen) atoms. The van der Waals surface area contributed by atoms with E-state index in [1.165, 1.54) is 29.2 Å². The first-order valence-corrected chi connectivity index (χ1v) is 11.4. The predicted molar refractivity (Wildman–Crippen MR) is 130 cm³/mol. The Kier molecular flexibility index (Phi) is 7.32. The molecule has 1 aliphatic heterocycles. The Morgan fingerprint density at radius 2 is 1.82 bits per heavy atom. The van der Waals surface area contributed by atoms with Gasteiger partial charge >= 0.3 is 0 Å². The summed E-state index contributed by atoms with van der Waals surface area (Å²) in [5.74, 6) is -0.323. The maximum Gasteiger partial charge on any atom is 0.243 e. The van der Waals surface area contributed by atoms with Crippen molar-refractivity contribution in [3.63, 3.8) is 0 Å². The zero-order valence-corrected chi connectivity index (χ0v) is 20.0. The van der Waals surface area contributed by atoms with Crippen LogP contribution in [0.5, 0.6) is 11.5 Å². The number of carbonyl (C=O) groups excluding carboxylic acids is 2. The number of anilines is 2. The van der Waals surface area contributed by atoms with Crippen LogP contribution in [-0.4, -0.2) is 25.5 Å². The summed E-state index contributed by atoms with van der Waals surface area (Å²) >= 11 is 3.41. The van der Waals surface area contributed by atoms with Crippen molar-refractivity contribution in [2.75, 3.05) is 24.0 Å². The highest BCUT2D eigenvalue weighted by Gasteiger charge is 2.35. The predicted octanol–water partition coefficient (Wildman–Crippen LogP) is 4.67. The molecule has 0 radical (unpaired) electrons. The number of methoxy groups -OCH3 is 1. The number of hydrogen-bond donors (Lipinski definition) is 2. The lowest BCUT2D eigenvalue weighted by Gasteiger charge is -2.17. The van der Waals surface area contributed by atoms with Crippen molar-refractivity contribution in [1.82, 2.24) is 5.43 Å². The summed E-state index contributed by atoms with van der Waals surface area (Å²) in [7, 11) is 1.54. The Labute approximate surface area is 205 Å². The van der Waals surface area contributed by atoms with Crippen LogP contribution < -0.4 is 25.2 Å². The molecule has 1 saturated heterocycles. The summed E-state index contributed by atoms with van der Waals surface area (Å²) in [6.45, 7) is 0.609. The Balaban J connectivity index is 1.33. The molecule has 0 bridgehead atoms. The average molecular weight is 528 g/mol. The standard InChI is InChI=1S/C25H23BrFN3O4/c1-33-23-13-20(8-11-22(23)34-15-16-2-4-18(26)5-3-16)28-29-25(32)17-12-24(31)30(14-17)21-9-6-19(27)7-10-21/h2-11,13,17,28H,12,14-15H2,1H3,(H,29,32)/t17-/m0/s1. The minimum atomic E-state index is -0.527. The molecule has 3 aromatic rings. The highest BCUT2D eigenvalue weighted by atomic mass is 79.9. The van der Waals surface area contributed by atoms with Gasteiger partial charge in [-0.05, 0) is 54.1 Å². The van der Waals surface area contributed by atoms with Crippen molar-refractivity contribution in [2.45, 2.75) is 13.0 Å². The number of benzene rings is 3. The van der Waals surface area contributed by atoms with Gasteiger partial charge in [-0.3, -0.25) is 20.4 Å². The number of rotatable bonds is 8. The highest BCUT2D eigenvalue weighted by molar-refractivity contribution is 9.10. The minimum absolute atomic E-state index is 0.0804. The maximum atomic E-state index is 13.2. The Morgan fingerprint density at radius 3 is 2.53 bits per heavy atom. The molecule has 1 aliphatic rings. The Bertz CT molecular complexity index is 1170. The van der Waals surface area contributed by atoms with E-state index in [1.54, 1.807) is 25.3 Å². The van der Waals surface area contributed by atoms with Gasteiger partial charge in [0.25, 0.3) is 0 Å². The van der Waals surface area contributed by atoms with Crippen LogP contribution in [0.2, 0.25) is 0 Å². The van der Waals surface area contributed by atoms with Crippen LogP contribution in [0.3, 0.4) is 0 Å². The lowest BCUT2D eigenvalue weighted by atomic mass is 10.1. The fourth-order valence-corrected chi connectivity index (χ4v) is 3.86. The third-order valence-corrected chi connectivity index (χ3v) is 5.96. The van der Waals surface area contributed by atoms with Gasteiger partial charge in [-0.1, -0.05) is 28.1 Å². The van der Waals surface area contributed by atoms with Gasteiger partial charge in [0.05, 0.1) is 18.7 Å². The van der Waals surface area contributed by atoms with Gasteiger partial charge in [-0.2, -0.15) is 0 Å². The van der Waals surface area contributed by atoms with E-state index in [1.807, 2.05) is 24.3 Å². The number of halogens is 2. The van der Waals surface area contributed by atoms with Crippen LogP contribution in [0.1, 0.15) is 12.0 Å². The van der Waals surface area contributed by atoms with E-state index in [4.69, 9.17) is 9.47 Å². The van der Waals surface area contributed by atoms with Crippen molar-refractivity contribution in [2.24, 2.45) is 5.92 Å². The fraction of sp³-hybridized carbons (Fsp3) is 0.200. The number of carbonyl (C=O) groups is 2. The van der Waals surface area contributed by atoms with Gasteiger partial charge in [0.15, 0.2) is 11.5 Å². The molecule has 7 nitrogen and oxygen atoms in total. The molecule has 3 aromatic carbocycles. The van der Waals surface area contributed by atoms with Crippen molar-refractivity contribution >= 4 is 39.1 Å². The molecular formula is C25H23BrFN3O4. The second-order valence-electron chi connectivity index (χ2n) is 7.78. The molecule has 1 heterocycles. The third kappa shape index (κ3) is 5.66. The van der Waals surface area contributed by atoms with Crippen LogP contribution in [0.15, 0.2) is 71.2 Å². The molecule has 0 spiro atoms. The van der Waals surface area contributed by atoms with Crippen molar-refractivity contribution < 1.29 is 23.5 Å². The van der Waals surface area contributed by atoms with Gasteiger partial charge in [0, 0.05) is 29.2 Å². The number of amides is 2. The molecule has 0 saturated carbocycles. The molecule has 176 valence electrons. The molecule has 1 fully saturated rings. The van der Waals surface area contributed by atoms with Crippen LogP contribution >= 0.6 is 15.9 Å². The number of nitrogens with zero attached hydrogens (tertiary/aromatic N) is 1. The highest BCUT2D eigenvalue weighted by Crippen LogP contribution is 2.31. The third-order valence-electron chi connectivity index (χ3n) is 5.44. The summed E-state index contributed by atoms with van der Waals surface area (Å²) in [5.41, 5.74) is 7.69. The summed E-state index contributed by atoms with van der Waals surface area (Å²) in [5, 5.41) is 0. The van der Waals surface area contributed by atoms with E-state index in [-0.39, 0.29) is 30.6 Å². The van der Waals surface area contributed by atoms with E-state index in [0.29, 0.717) is 29.5 Å². The average Bonchev–Trinajstić information content (AvgIpc) is 3.24. The first kappa shape index (κ1) is 23.6. The van der Waals surface area contributed by atoms with E-state index in [2.05, 4.69) is 26.8 Å². The van der Waals surface area contributed by atoms with Gasteiger partial charge in [-0.25, -0.2) is 4.39 Å².